The molecule has 0 radical (unpaired) electrons. The summed E-state index contributed by atoms with van der Waals surface area (Å²) in [6, 6.07) is 0.640. The van der Waals surface area contributed by atoms with Crippen molar-refractivity contribution in [2.24, 2.45) is 5.92 Å². The highest BCUT2D eigenvalue weighted by Gasteiger charge is 2.39. The normalized spacial score (nSPS) is 32.1. The van der Waals surface area contributed by atoms with E-state index in [1.807, 2.05) is 0 Å². The molecule has 1 aliphatic carbocycles. The lowest BCUT2D eigenvalue weighted by Crippen LogP contribution is -2.48. The van der Waals surface area contributed by atoms with Crippen LogP contribution in [0, 0.1) is 5.92 Å². The van der Waals surface area contributed by atoms with Crippen LogP contribution in [0.2, 0.25) is 0 Å². The van der Waals surface area contributed by atoms with Crippen LogP contribution in [0.1, 0.15) is 45.4 Å². The van der Waals surface area contributed by atoms with Crippen molar-refractivity contribution in [1.82, 2.24) is 15.1 Å². The molecular weight excluding hydrogens is 262 g/mol. The van der Waals surface area contributed by atoms with Gasteiger partial charge < -0.3 is 20.2 Å². The molecular formula is C17H35N3O. The summed E-state index contributed by atoms with van der Waals surface area (Å²) < 4.78 is 0. The Labute approximate surface area is 130 Å². The number of hydrogen-bond acceptors (Lipinski definition) is 4. The third-order valence-corrected chi connectivity index (χ3v) is 5.64. The minimum absolute atomic E-state index is 0.0122. The number of nitrogens with zero attached hydrogens (tertiary/aromatic N) is 2. The molecule has 21 heavy (non-hydrogen) atoms. The Morgan fingerprint density at radius 1 is 1.29 bits per heavy atom. The summed E-state index contributed by atoms with van der Waals surface area (Å²) in [5.41, 5.74) is -0.0122. The summed E-state index contributed by atoms with van der Waals surface area (Å²) in [5.74, 6) is 0.860. The Bertz CT molecular complexity index is 304. The monoisotopic (exact) mass is 297 g/mol. The van der Waals surface area contributed by atoms with Crippen LogP contribution < -0.4 is 5.32 Å². The van der Waals surface area contributed by atoms with Crippen LogP contribution in [0.15, 0.2) is 0 Å². The number of rotatable bonds is 7. The molecule has 2 N–H and O–H groups in total. The minimum Gasteiger partial charge on any atom is -0.394 e. The van der Waals surface area contributed by atoms with Gasteiger partial charge in [-0.15, -0.1) is 0 Å². The summed E-state index contributed by atoms with van der Waals surface area (Å²) in [7, 11) is 4.52. The van der Waals surface area contributed by atoms with Gasteiger partial charge in [-0.25, -0.2) is 0 Å². The Morgan fingerprint density at radius 3 is 2.62 bits per heavy atom. The predicted octanol–water partition coefficient (Wildman–Crippen LogP) is 1.54. The average Bonchev–Trinajstić information content (AvgIpc) is 2.93. The molecule has 0 bridgehead atoms. The highest BCUT2D eigenvalue weighted by atomic mass is 16.3. The van der Waals surface area contributed by atoms with Crippen LogP contribution in [0.25, 0.3) is 0 Å². The highest BCUT2D eigenvalue weighted by Crippen LogP contribution is 2.33. The van der Waals surface area contributed by atoms with Crippen molar-refractivity contribution in [3.63, 3.8) is 0 Å². The van der Waals surface area contributed by atoms with Gasteiger partial charge in [-0.05, 0) is 78.2 Å². The van der Waals surface area contributed by atoms with Crippen molar-refractivity contribution in [2.45, 2.75) is 57.0 Å². The molecule has 2 fully saturated rings. The third kappa shape index (κ3) is 4.65. The van der Waals surface area contributed by atoms with E-state index in [4.69, 9.17) is 0 Å². The lowest BCUT2D eigenvalue weighted by molar-refractivity contribution is 0.130. The summed E-state index contributed by atoms with van der Waals surface area (Å²) in [5, 5.41) is 13.4. The van der Waals surface area contributed by atoms with Crippen molar-refractivity contribution in [1.29, 1.82) is 0 Å². The van der Waals surface area contributed by atoms with Gasteiger partial charge in [0.2, 0.25) is 0 Å². The third-order valence-electron chi connectivity index (χ3n) is 5.64. The van der Waals surface area contributed by atoms with E-state index in [1.54, 1.807) is 0 Å². The topological polar surface area (TPSA) is 38.7 Å². The molecule has 1 aliphatic heterocycles. The molecule has 1 saturated carbocycles. The molecule has 2 rings (SSSR count). The first-order valence-electron chi connectivity index (χ1n) is 8.83. The van der Waals surface area contributed by atoms with Crippen molar-refractivity contribution in [3.8, 4) is 0 Å². The Balaban J connectivity index is 1.79. The first kappa shape index (κ1) is 17.2. The number of piperidine rings is 1. The maximum Gasteiger partial charge on any atom is 0.0613 e. The van der Waals surface area contributed by atoms with E-state index in [9.17, 15) is 5.11 Å². The van der Waals surface area contributed by atoms with Crippen LogP contribution in [-0.4, -0.2) is 73.4 Å². The smallest absolute Gasteiger partial charge is 0.0613 e. The number of aliphatic hydroxyl groups is 1. The van der Waals surface area contributed by atoms with Crippen molar-refractivity contribution >= 4 is 0 Å². The number of hydrogen-bond donors (Lipinski definition) is 2. The Kier molecular flexibility index (Phi) is 6.48. The number of aliphatic hydroxyl groups excluding tert-OH is 1. The van der Waals surface area contributed by atoms with E-state index < -0.39 is 0 Å². The second-order valence-electron chi connectivity index (χ2n) is 7.45. The van der Waals surface area contributed by atoms with Gasteiger partial charge in [0.1, 0.15) is 0 Å². The molecule has 2 unspecified atom stereocenters. The number of nitrogens with one attached hydrogen (secondary N) is 1. The van der Waals surface area contributed by atoms with Gasteiger partial charge in [-0.1, -0.05) is 6.92 Å². The van der Waals surface area contributed by atoms with Crippen LogP contribution in [0.4, 0.5) is 0 Å². The second-order valence-corrected chi connectivity index (χ2v) is 7.45. The summed E-state index contributed by atoms with van der Waals surface area (Å²) in [6.07, 6.45) is 7.26. The van der Waals surface area contributed by atoms with Crippen LogP contribution in [0.5, 0.6) is 0 Å². The van der Waals surface area contributed by atoms with Gasteiger partial charge in [-0.3, -0.25) is 0 Å². The second kappa shape index (κ2) is 7.91. The first-order chi connectivity index (χ1) is 10.1. The van der Waals surface area contributed by atoms with Crippen molar-refractivity contribution < 1.29 is 5.11 Å². The first-order valence-corrected chi connectivity index (χ1v) is 8.83. The van der Waals surface area contributed by atoms with E-state index in [0.29, 0.717) is 6.04 Å². The van der Waals surface area contributed by atoms with Gasteiger partial charge >= 0.3 is 0 Å². The summed E-state index contributed by atoms with van der Waals surface area (Å²) >= 11 is 0. The average molecular weight is 297 g/mol. The van der Waals surface area contributed by atoms with E-state index in [2.05, 4.69) is 36.1 Å². The molecule has 0 amide bonds. The zero-order valence-corrected chi connectivity index (χ0v) is 14.3. The minimum atomic E-state index is -0.0122. The predicted molar refractivity (Wildman–Crippen MR) is 88.6 cm³/mol. The summed E-state index contributed by atoms with van der Waals surface area (Å²) in [4.78, 5) is 5.01. The maximum atomic E-state index is 9.81. The van der Waals surface area contributed by atoms with Gasteiger partial charge in [-0.2, -0.15) is 0 Å². The van der Waals surface area contributed by atoms with Crippen molar-refractivity contribution in [3.05, 3.63) is 0 Å². The fourth-order valence-corrected chi connectivity index (χ4v) is 4.03. The number of likely N-dealkylation sites (tertiary alicyclic amines) is 1. The summed E-state index contributed by atoms with van der Waals surface area (Å²) in [6.45, 7) is 7.23. The standard InChI is InChI=1S/C17H35N3O/c1-4-9-18-17(14-21)8-5-16(12-17)20(3)13-15-6-10-19(2)11-7-15/h15-16,18,21H,4-14H2,1-3H3. The molecule has 0 aromatic heterocycles. The lowest BCUT2D eigenvalue weighted by Gasteiger charge is -2.35. The van der Waals surface area contributed by atoms with E-state index >= 15 is 0 Å². The van der Waals surface area contributed by atoms with E-state index in [-0.39, 0.29) is 12.1 Å². The Morgan fingerprint density at radius 2 is 2.00 bits per heavy atom. The largest absolute Gasteiger partial charge is 0.394 e. The molecule has 0 aromatic carbocycles. The molecule has 0 aromatic rings. The lowest BCUT2D eigenvalue weighted by atomic mass is 9.95. The van der Waals surface area contributed by atoms with E-state index in [1.165, 1.54) is 38.9 Å². The fourth-order valence-electron chi connectivity index (χ4n) is 4.03. The fraction of sp³-hybridized carbons (Fsp3) is 1.00. The zero-order valence-electron chi connectivity index (χ0n) is 14.3. The van der Waals surface area contributed by atoms with Crippen LogP contribution in [0.3, 0.4) is 0 Å². The molecule has 124 valence electrons. The van der Waals surface area contributed by atoms with Crippen LogP contribution in [-0.2, 0) is 0 Å². The van der Waals surface area contributed by atoms with Gasteiger partial charge in [0.05, 0.1) is 6.61 Å². The van der Waals surface area contributed by atoms with Crippen LogP contribution >= 0.6 is 0 Å². The quantitative estimate of drug-likeness (QED) is 0.748. The van der Waals surface area contributed by atoms with Gasteiger partial charge in [0.15, 0.2) is 0 Å². The Hall–Kier alpha value is -0.160. The van der Waals surface area contributed by atoms with Crippen molar-refractivity contribution in [2.75, 3.05) is 46.9 Å². The zero-order chi connectivity index (χ0) is 15.3. The molecule has 4 nitrogen and oxygen atoms in total. The van der Waals surface area contributed by atoms with Gasteiger partial charge in [0, 0.05) is 18.1 Å². The molecule has 1 saturated heterocycles. The molecule has 2 atom stereocenters. The molecule has 1 heterocycles. The molecule has 0 spiro atoms. The molecule has 2 aliphatic rings. The van der Waals surface area contributed by atoms with Gasteiger partial charge in [0.25, 0.3) is 0 Å². The SMILES string of the molecule is CCCNC1(CO)CCC(N(C)CC2CCN(C)CC2)C1. The highest BCUT2D eigenvalue weighted by molar-refractivity contribution is 4.99. The maximum absolute atomic E-state index is 9.81. The van der Waals surface area contributed by atoms with E-state index in [0.717, 1.165) is 31.7 Å². The molecule has 4 heteroatoms.